The Morgan fingerprint density at radius 1 is 1.33 bits per heavy atom. The molecule has 0 saturated heterocycles. The summed E-state index contributed by atoms with van der Waals surface area (Å²) in [7, 11) is 0. The van der Waals surface area contributed by atoms with Crippen LogP contribution in [-0.4, -0.2) is 29.5 Å². The summed E-state index contributed by atoms with van der Waals surface area (Å²) >= 11 is 0. The largest absolute Gasteiger partial charge is 0.508 e. The van der Waals surface area contributed by atoms with Gasteiger partial charge in [-0.15, -0.1) is 0 Å². The van der Waals surface area contributed by atoms with Crippen LogP contribution in [-0.2, 0) is 0 Å². The molecule has 3 N–H and O–H groups in total. The van der Waals surface area contributed by atoms with Crippen LogP contribution in [0.25, 0.3) is 0 Å². The highest BCUT2D eigenvalue weighted by atomic mass is 16.5. The van der Waals surface area contributed by atoms with Gasteiger partial charge in [0.05, 0.1) is 12.1 Å². The lowest BCUT2D eigenvalue weighted by Gasteiger charge is -2.15. The monoisotopic (exact) mass is 249 g/mol. The van der Waals surface area contributed by atoms with Gasteiger partial charge in [-0.1, -0.05) is 0 Å². The van der Waals surface area contributed by atoms with Crippen LogP contribution in [0.5, 0.6) is 11.5 Å². The summed E-state index contributed by atoms with van der Waals surface area (Å²) in [6, 6.07) is 5.48. The minimum atomic E-state index is -0.110. The molecule has 1 saturated carbocycles. The van der Waals surface area contributed by atoms with Crippen LogP contribution in [0.1, 0.15) is 30.9 Å². The summed E-state index contributed by atoms with van der Waals surface area (Å²) in [5.74, 6) is 1.59. The van der Waals surface area contributed by atoms with Crippen LogP contribution in [0, 0.1) is 5.92 Å². The smallest absolute Gasteiger partial charge is 0.127 e. The normalized spacial score (nSPS) is 30.2. The van der Waals surface area contributed by atoms with E-state index in [1.54, 1.807) is 12.1 Å². The summed E-state index contributed by atoms with van der Waals surface area (Å²) in [4.78, 5) is 0. The first-order chi connectivity index (χ1) is 8.72. The molecule has 3 rings (SSSR count). The molecular weight excluding hydrogens is 230 g/mol. The summed E-state index contributed by atoms with van der Waals surface area (Å²) in [5.41, 5.74) is 1.12. The zero-order valence-corrected chi connectivity index (χ0v) is 10.3. The highest BCUT2D eigenvalue weighted by molar-refractivity contribution is 5.44. The van der Waals surface area contributed by atoms with Gasteiger partial charge in [0.15, 0.2) is 0 Å². The van der Waals surface area contributed by atoms with E-state index in [9.17, 15) is 10.2 Å². The fraction of sp³-hybridized carbons (Fsp3) is 0.571. The Bertz CT molecular complexity index is 435. The molecule has 0 spiro atoms. The number of phenols is 1. The molecule has 98 valence electrons. The van der Waals surface area contributed by atoms with Crippen molar-refractivity contribution in [2.24, 2.45) is 5.92 Å². The van der Waals surface area contributed by atoms with Crippen LogP contribution < -0.4 is 10.1 Å². The van der Waals surface area contributed by atoms with Gasteiger partial charge in [-0.25, -0.2) is 0 Å². The number of rotatable bonds is 3. The molecule has 2 aliphatic rings. The van der Waals surface area contributed by atoms with Gasteiger partial charge in [0.1, 0.15) is 18.1 Å². The minimum absolute atomic E-state index is 0.110. The summed E-state index contributed by atoms with van der Waals surface area (Å²) < 4.78 is 5.56. The average Bonchev–Trinajstić information content (AvgIpc) is 2.92. The Hall–Kier alpha value is -1.26. The molecule has 1 aliphatic heterocycles. The van der Waals surface area contributed by atoms with Gasteiger partial charge in [-0.05, 0) is 43.9 Å². The Balaban J connectivity index is 1.59. The summed E-state index contributed by atoms with van der Waals surface area (Å²) in [6.07, 6.45) is 2.83. The number of aliphatic hydroxyl groups is 1. The van der Waals surface area contributed by atoms with Gasteiger partial charge in [0.25, 0.3) is 0 Å². The number of fused-ring (bicyclic) bond motifs is 1. The number of hydrogen-bond acceptors (Lipinski definition) is 4. The van der Waals surface area contributed by atoms with E-state index in [1.165, 1.54) is 0 Å². The van der Waals surface area contributed by atoms with E-state index in [0.29, 0.717) is 12.5 Å². The molecule has 4 nitrogen and oxygen atoms in total. The van der Waals surface area contributed by atoms with Crippen molar-refractivity contribution < 1.29 is 14.9 Å². The third-order valence-electron chi connectivity index (χ3n) is 3.94. The molecule has 0 aromatic heterocycles. The zero-order chi connectivity index (χ0) is 12.5. The van der Waals surface area contributed by atoms with E-state index in [0.717, 1.165) is 37.1 Å². The molecule has 1 aromatic rings. The van der Waals surface area contributed by atoms with E-state index in [1.807, 2.05) is 6.07 Å². The second-order valence-corrected chi connectivity index (χ2v) is 5.33. The molecule has 0 amide bonds. The van der Waals surface area contributed by atoms with Crippen molar-refractivity contribution in [3.63, 3.8) is 0 Å². The van der Waals surface area contributed by atoms with Gasteiger partial charge in [0, 0.05) is 11.6 Å². The number of hydrogen-bond donors (Lipinski definition) is 3. The standard InChI is InChI=1S/C14H19NO3/c16-10-2-1-9(5-10)7-15-13-8-18-14-6-11(17)3-4-12(13)14/h3-4,6,9-10,13,15-17H,1-2,5,7-8H2. The maximum atomic E-state index is 9.50. The van der Waals surface area contributed by atoms with E-state index in [2.05, 4.69) is 5.32 Å². The third-order valence-corrected chi connectivity index (χ3v) is 3.94. The maximum absolute atomic E-state index is 9.50. The number of benzene rings is 1. The molecule has 0 radical (unpaired) electrons. The highest BCUT2D eigenvalue weighted by Gasteiger charge is 2.27. The summed E-state index contributed by atoms with van der Waals surface area (Å²) in [5, 5.41) is 22.4. The van der Waals surface area contributed by atoms with Gasteiger partial charge in [-0.3, -0.25) is 0 Å². The van der Waals surface area contributed by atoms with Crippen molar-refractivity contribution in [2.45, 2.75) is 31.4 Å². The van der Waals surface area contributed by atoms with E-state index in [-0.39, 0.29) is 17.9 Å². The van der Waals surface area contributed by atoms with Crippen LogP contribution in [0.2, 0.25) is 0 Å². The molecule has 1 aromatic carbocycles. The van der Waals surface area contributed by atoms with Crippen LogP contribution in [0.15, 0.2) is 18.2 Å². The van der Waals surface area contributed by atoms with E-state index < -0.39 is 0 Å². The molecule has 1 heterocycles. The first-order valence-corrected chi connectivity index (χ1v) is 6.59. The van der Waals surface area contributed by atoms with Crippen molar-refractivity contribution in [2.75, 3.05) is 13.2 Å². The predicted octanol–water partition coefficient (Wildman–Crippen LogP) is 1.58. The Labute approximate surface area is 107 Å². The highest BCUT2D eigenvalue weighted by Crippen LogP contribution is 2.35. The summed E-state index contributed by atoms with van der Waals surface area (Å²) in [6.45, 7) is 1.54. The Morgan fingerprint density at radius 2 is 2.22 bits per heavy atom. The quantitative estimate of drug-likeness (QED) is 0.761. The minimum Gasteiger partial charge on any atom is -0.508 e. The van der Waals surface area contributed by atoms with Crippen molar-refractivity contribution in [1.29, 1.82) is 0 Å². The maximum Gasteiger partial charge on any atom is 0.127 e. The van der Waals surface area contributed by atoms with Gasteiger partial charge in [-0.2, -0.15) is 0 Å². The van der Waals surface area contributed by atoms with E-state index in [4.69, 9.17) is 4.74 Å². The fourth-order valence-corrected chi connectivity index (χ4v) is 2.91. The van der Waals surface area contributed by atoms with E-state index >= 15 is 0 Å². The van der Waals surface area contributed by atoms with Crippen molar-refractivity contribution in [3.8, 4) is 11.5 Å². The molecule has 1 aliphatic carbocycles. The Kier molecular flexibility index (Phi) is 3.14. The fourth-order valence-electron chi connectivity index (χ4n) is 2.91. The van der Waals surface area contributed by atoms with Crippen molar-refractivity contribution in [1.82, 2.24) is 5.32 Å². The Morgan fingerprint density at radius 3 is 3.00 bits per heavy atom. The van der Waals surface area contributed by atoms with Crippen LogP contribution in [0.4, 0.5) is 0 Å². The van der Waals surface area contributed by atoms with Gasteiger partial charge < -0.3 is 20.3 Å². The SMILES string of the molecule is Oc1ccc2c(c1)OCC2NCC1CCC(O)C1. The number of aliphatic hydroxyl groups excluding tert-OH is 1. The first kappa shape index (κ1) is 11.8. The number of phenolic OH excluding ortho intramolecular Hbond substituents is 1. The van der Waals surface area contributed by atoms with Crippen LogP contribution >= 0.6 is 0 Å². The van der Waals surface area contributed by atoms with Crippen LogP contribution in [0.3, 0.4) is 0 Å². The predicted molar refractivity (Wildman–Crippen MR) is 67.7 cm³/mol. The number of ether oxygens (including phenoxy) is 1. The van der Waals surface area contributed by atoms with Gasteiger partial charge >= 0.3 is 0 Å². The van der Waals surface area contributed by atoms with Crippen molar-refractivity contribution in [3.05, 3.63) is 23.8 Å². The molecule has 4 heteroatoms. The second-order valence-electron chi connectivity index (χ2n) is 5.33. The zero-order valence-electron chi connectivity index (χ0n) is 10.3. The first-order valence-electron chi connectivity index (χ1n) is 6.59. The molecule has 0 bridgehead atoms. The lowest BCUT2D eigenvalue weighted by Crippen LogP contribution is -2.27. The topological polar surface area (TPSA) is 61.7 Å². The van der Waals surface area contributed by atoms with Crippen molar-refractivity contribution >= 4 is 0 Å². The number of nitrogens with one attached hydrogen (secondary N) is 1. The molecule has 1 fully saturated rings. The molecule has 3 unspecified atom stereocenters. The lowest BCUT2D eigenvalue weighted by atomic mass is 10.1. The average molecular weight is 249 g/mol. The lowest BCUT2D eigenvalue weighted by molar-refractivity contribution is 0.177. The molecule has 3 atom stereocenters. The molecular formula is C14H19NO3. The third kappa shape index (κ3) is 2.31. The number of aromatic hydroxyl groups is 1. The molecule has 18 heavy (non-hydrogen) atoms. The van der Waals surface area contributed by atoms with Gasteiger partial charge in [0.2, 0.25) is 0 Å². The second kappa shape index (κ2) is 4.78.